The van der Waals surface area contributed by atoms with Gasteiger partial charge in [-0.05, 0) is 18.1 Å². The van der Waals surface area contributed by atoms with Gasteiger partial charge in [-0.1, -0.05) is 12.1 Å². The van der Waals surface area contributed by atoms with Crippen LogP contribution in [0.4, 0.5) is 0 Å². The largest absolute Gasteiger partial charge is 0.337 e. The normalized spacial score (nSPS) is 19.5. The van der Waals surface area contributed by atoms with E-state index >= 15 is 0 Å². The summed E-state index contributed by atoms with van der Waals surface area (Å²) in [6.07, 6.45) is 4.53. The van der Waals surface area contributed by atoms with E-state index in [9.17, 15) is 0 Å². The molecule has 0 saturated carbocycles. The predicted molar refractivity (Wildman–Crippen MR) is 75.0 cm³/mol. The number of rotatable bonds is 3. The zero-order chi connectivity index (χ0) is 13.1. The average Bonchev–Trinajstić information content (AvgIpc) is 2.98. The van der Waals surface area contributed by atoms with Crippen molar-refractivity contribution < 1.29 is 4.52 Å². The first kappa shape index (κ1) is 12.6. The second-order valence-electron chi connectivity index (χ2n) is 4.42. The molecule has 0 amide bonds. The number of pyridine rings is 1. The zero-order valence-corrected chi connectivity index (χ0v) is 11.6. The Morgan fingerprint density at radius 3 is 3.26 bits per heavy atom. The number of aromatic nitrogens is 3. The fourth-order valence-electron chi connectivity index (χ4n) is 2.14. The lowest BCUT2D eigenvalue weighted by molar-refractivity contribution is 0.342. The van der Waals surface area contributed by atoms with Gasteiger partial charge in [0.1, 0.15) is 0 Å². The van der Waals surface area contributed by atoms with Gasteiger partial charge >= 0.3 is 0 Å². The van der Waals surface area contributed by atoms with Crippen LogP contribution in [0.1, 0.15) is 24.4 Å². The van der Waals surface area contributed by atoms with E-state index in [1.807, 2.05) is 24.0 Å². The molecule has 1 N–H and O–H groups in total. The van der Waals surface area contributed by atoms with Gasteiger partial charge in [-0.25, -0.2) is 0 Å². The summed E-state index contributed by atoms with van der Waals surface area (Å²) >= 11 is 1.91. The number of nitrogens with zero attached hydrogens (tertiary/aromatic N) is 3. The van der Waals surface area contributed by atoms with Gasteiger partial charge in [0.25, 0.3) is 0 Å². The first-order chi connectivity index (χ1) is 9.38. The molecule has 6 heteroatoms. The van der Waals surface area contributed by atoms with E-state index < -0.39 is 0 Å². The minimum atomic E-state index is 0.173. The van der Waals surface area contributed by atoms with Gasteiger partial charge in [0.2, 0.25) is 11.7 Å². The van der Waals surface area contributed by atoms with Gasteiger partial charge in [-0.3, -0.25) is 4.98 Å². The lowest BCUT2D eigenvalue weighted by Gasteiger charge is -2.19. The summed E-state index contributed by atoms with van der Waals surface area (Å²) in [6, 6.07) is 2.11. The number of thioether (sulfide) groups is 1. The second kappa shape index (κ2) is 5.71. The van der Waals surface area contributed by atoms with Crippen LogP contribution in [-0.2, 0) is 6.42 Å². The fraction of sp³-hybridized carbons (Fsp3) is 0.462. The molecule has 100 valence electrons. The minimum Gasteiger partial charge on any atom is -0.337 e. The molecule has 3 rings (SSSR count). The van der Waals surface area contributed by atoms with Gasteiger partial charge in [-0.2, -0.15) is 16.7 Å². The lowest BCUT2D eigenvalue weighted by Crippen LogP contribution is -2.30. The molecule has 1 aliphatic heterocycles. The van der Waals surface area contributed by atoms with E-state index in [1.165, 1.54) is 0 Å². The SMILES string of the molecule is CCc1cnccc1-c1noc(C2CSCCN2)n1. The highest BCUT2D eigenvalue weighted by Gasteiger charge is 2.22. The maximum absolute atomic E-state index is 5.40. The fourth-order valence-corrected chi connectivity index (χ4v) is 3.06. The molecule has 1 fully saturated rings. The molecular formula is C13H16N4OS. The van der Waals surface area contributed by atoms with E-state index in [0.29, 0.717) is 11.7 Å². The molecule has 2 aromatic rings. The van der Waals surface area contributed by atoms with E-state index in [-0.39, 0.29) is 6.04 Å². The average molecular weight is 276 g/mol. The molecule has 0 aromatic carbocycles. The second-order valence-corrected chi connectivity index (χ2v) is 5.57. The van der Waals surface area contributed by atoms with Crippen LogP contribution in [-0.4, -0.2) is 33.2 Å². The van der Waals surface area contributed by atoms with Crippen LogP contribution in [0.15, 0.2) is 23.0 Å². The van der Waals surface area contributed by atoms with Crippen LogP contribution >= 0.6 is 11.8 Å². The van der Waals surface area contributed by atoms with Crippen LogP contribution in [0.3, 0.4) is 0 Å². The highest BCUT2D eigenvalue weighted by Crippen LogP contribution is 2.25. The summed E-state index contributed by atoms with van der Waals surface area (Å²) in [5.41, 5.74) is 2.15. The Kier molecular flexibility index (Phi) is 3.79. The Labute approximate surface area is 116 Å². The topological polar surface area (TPSA) is 63.8 Å². The molecule has 2 aromatic heterocycles. The van der Waals surface area contributed by atoms with Gasteiger partial charge in [0, 0.05) is 36.0 Å². The van der Waals surface area contributed by atoms with Crippen molar-refractivity contribution >= 4 is 11.8 Å². The van der Waals surface area contributed by atoms with Crippen molar-refractivity contribution in [1.29, 1.82) is 0 Å². The van der Waals surface area contributed by atoms with Crippen LogP contribution in [0.25, 0.3) is 11.4 Å². The molecule has 1 aliphatic rings. The van der Waals surface area contributed by atoms with E-state index in [0.717, 1.165) is 35.6 Å². The summed E-state index contributed by atoms with van der Waals surface area (Å²) in [5, 5.41) is 7.51. The number of hydrogen-bond donors (Lipinski definition) is 1. The summed E-state index contributed by atoms with van der Waals surface area (Å²) in [6.45, 7) is 3.09. The Morgan fingerprint density at radius 1 is 1.53 bits per heavy atom. The van der Waals surface area contributed by atoms with Crippen molar-refractivity contribution in [1.82, 2.24) is 20.4 Å². The molecule has 19 heavy (non-hydrogen) atoms. The van der Waals surface area contributed by atoms with E-state index in [2.05, 4.69) is 27.4 Å². The van der Waals surface area contributed by atoms with Gasteiger partial charge in [0.15, 0.2) is 0 Å². The standard InChI is InChI=1S/C13H16N4OS/c1-2-9-7-14-4-3-10(9)12-16-13(18-17-12)11-8-19-6-5-15-11/h3-4,7,11,15H,2,5-6,8H2,1H3. The van der Waals surface area contributed by atoms with Crippen LogP contribution in [0, 0.1) is 0 Å². The maximum atomic E-state index is 5.40. The molecule has 1 atom stereocenters. The highest BCUT2D eigenvalue weighted by atomic mass is 32.2. The Morgan fingerprint density at radius 2 is 2.47 bits per heavy atom. The predicted octanol–water partition coefficient (Wildman–Crippen LogP) is 2.07. The van der Waals surface area contributed by atoms with Crippen molar-refractivity contribution in [2.45, 2.75) is 19.4 Å². The molecule has 3 heterocycles. The zero-order valence-electron chi connectivity index (χ0n) is 10.8. The summed E-state index contributed by atoms with van der Waals surface area (Å²) in [7, 11) is 0. The van der Waals surface area contributed by atoms with Crippen LogP contribution in [0.5, 0.6) is 0 Å². The molecule has 1 saturated heterocycles. The first-order valence-electron chi connectivity index (χ1n) is 6.46. The smallest absolute Gasteiger partial charge is 0.244 e. The minimum absolute atomic E-state index is 0.173. The van der Waals surface area contributed by atoms with Crippen molar-refractivity contribution in [3.63, 3.8) is 0 Å². The van der Waals surface area contributed by atoms with Crippen molar-refractivity contribution in [2.24, 2.45) is 0 Å². The van der Waals surface area contributed by atoms with E-state index in [4.69, 9.17) is 4.52 Å². The third-order valence-electron chi connectivity index (χ3n) is 3.19. The first-order valence-corrected chi connectivity index (χ1v) is 7.62. The molecule has 0 bridgehead atoms. The van der Waals surface area contributed by atoms with Crippen molar-refractivity contribution in [3.05, 3.63) is 29.9 Å². The molecular weight excluding hydrogens is 260 g/mol. The highest BCUT2D eigenvalue weighted by molar-refractivity contribution is 7.99. The molecule has 5 nitrogen and oxygen atoms in total. The van der Waals surface area contributed by atoms with Gasteiger partial charge in [0.05, 0.1) is 6.04 Å². The quantitative estimate of drug-likeness (QED) is 0.926. The monoisotopic (exact) mass is 276 g/mol. The number of aryl methyl sites for hydroxylation is 1. The Bertz CT molecular complexity index is 551. The summed E-state index contributed by atoms with van der Waals surface area (Å²) < 4.78 is 5.40. The molecule has 1 unspecified atom stereocenters. The van der Waals surface area contributed by atoms with Crippen LogP contribution < -0.4 is 5.32 Å². The van der Waals surface area contributed by atoms with Gasteiger partial charge in [-0.15, -0.1) is 0 Å². The lowest BCUT2D eigenvalue weighted by atomic mass is 10.1. The molecule has 0 spiro atoms. The van der Waals surface area contributed by atoms with Crippen LogP contribution in [0.2, 0.25) is 0 Å². The number of hydrogen-bond acceptors (Lipinski definition) is 6. The Balaban J connectivity index is 1.88. The maximum Gasteiger partial charge on any atom is 0.244 e. The van der Waals surface area contributed by atoms with Crippen molar-refractivity contribution in [2.75, 3.05) is 18.1 Å². The molecule has 0 radical (unpaired) electrons. The summed E-state index contributed by atoms with van der Waals surface area (Å²) in [5.74, 6) is 3.47. The number of nitrogens with one attached hydrogen (secondary N) is 1. The Hall–Kier alpha value is -1.40. The van der Waals surface area contributed by atoms with Gasteiger partial charge < -0.3 is 9.84 Å². The summed E-state index contributed by atoms with van der Waals surface area (Å²) in [4.78, 5) is 8.67. The van der Waals surface area contributed by atoms with E-state index in [1.54, 1.807) is 6.20 Å². The third-order valence-corrected chi connectivity index (χ3v) is 4.25. The van der Waals surface area contributed by atoms with Crippen molar-refractivity contribution in [3.8, 4) is 11.4 Å². The third kappa shape index (κ3) is 2.64. The molecule has 0 aliphatic carbocycles.